The summed E-state index contributed by atoms with van der Waals surface area (Å²) in [5.41, 5.74) is 1.53. The monoisotopic (exact) mass is 1110 g/mol. The van der Waals surface area contributed by atoms with Gasteiger partial charge in [-0.2, -0.15) is 11.8 Å². The van der Waals surface area contributed by atoms with Gasteiger partial charge in [-0.05, 0) is 17.1 Å². The lowest BCUT2D eigenvalue weighted by atomic mass is 9.93. The quantitative estimate of drug-likeness (QED) is 0.0352. The second kappa shape index (κ2) is 45.2. The average Bonchev–Trinajstić information content (AvgIpc) is 3.82. The summed E-state index contributed by atoms with van der Waals surface area (Å²) >= 11 is 3.45. The van der Waals surface area contributed by atoms with E-state index in [0.717, 1.165) is 18.7 Å². The van der Waals surface area contributed by atoms with Gasteiger partial charge in [0.05, 0.1) is 150 Å². The number of hydrogen-bond donors (Lipinski definition) is 5. The van der Waals surface area contributed by atoms with E-state index in [9.17, 15) is 24.0 Å². The molecule has 0 bridgehead atoms. The van der Waals surface area contributed by atoms with Crippen LogP contribution in [0.2, 0.25) is 0 Å². The summed E-state index contributed by atoms with van der Waals surface area (Å²) in [7, 11) is 0. The van der Waals surface area contributed by atoms with Crippen LogP contribution in [0.3, 0.4) is 0 Å². The van der Waals surface area contributed by atoms with Gasteiger partial charge in [-0.25, -0.2) is 9.48 Å². The Balaban J connectivity index is 1.93. The molecule has 0 aromatic carbocycles. The Bertz CT molecular complexity index is 1690. The fourth-order valence-corrected chi connectivity index (χ4v) is 6.65. The molecule has 0 saturated carbocycles. The molecule has 0 spiro atoms. The molecule has 1 aromatic heterocycles. The summed E-state index contributed by atoms with van der Waals surface area (Å²) in [6, 6.07) is 0. The summed E-state index contributed by atoms with van der Waals surface area (Å²) in [5.74, 6) is -0.947. The highest BCUT2D eigenvalue weighted by Crippen LogP contribution is 2.24. The van der Waals surface area contributed by atoms with E-state index in [0.29, 0.717) is 141 Å². The molecule has 25 nitrogen and oxygen atoms in total. The Morgan fingerprint density at radius 3 is 1.45 bits per heavy atom. The second-order valence-corrected chi connectivity index (χ2v) is 22.0. The molecule has 1 heterocycles. The van der Waals surface area contributed by atoms with Crippen molar-refractivity contribution in [3.8, 4) is 0 Å². The third-order valence-electron chi connectivity index (χ3n) is 9.07. The van der Waals surface area contributed by atoms with Crippen molar-refractivity contribution in [1.29, 1.82) is 0 Å². The minimum absolute atomic E-state index is 0.0476. The smallest absolute Gasteiger partial charge is 0.407 e. The average molecular weight is 1110 g/mol. The number of ether oxygens (including phenoxy) is 10. The van der Waals surface area contributed by atoms with Crippen molar-refractivity contribution < 1.29 is 76.2 Å². The molecule has 0 unspecified atom stereocenters. The van der Waals surface area contributed by atoms with Crippen molar-refractivity contribution >= 4 is 59.0 Å². The van der Waals surface area contributed by atoms with Crippen molar-refractivity contribution in [2.45, 2.75) is 85.0 Å². The first-order valence-electron chi connectivity index (χ1n) is 25.4. The van der Waals surface area contributed by atoms with Gasteiger partial charge in [0.1, 0.15) is 12.3 Å². The van der Waals surface area contributed by atoms with Crippen molar-refractivity contribution in [2.24, 2.45) is 10.6 Å². The molecular formula is C48H89N9O16S2. The first-order chi connectivity index (χ1) is 35.9. The summed E-state index contributed by atoms with van der Waals surface area (Å²) in [6.45, 7) is 24.8. The van der Waals surface area contributed by atoms with Crippen molar-refractivity contribution in [1.82, 2.24) is 41.6 Å². The number of hydrogen-bond acceptors (Lipinski definition) is 21. The Kier molecular flexibility index (Phi) is 41.6. The highest BCUT2D eigenvalue weighted by atomic mass is 32.2. The van der Waals surface area contributed by atoms with E-state index in [-0.39, 0.29) is 49.6 Å². The topological polar surface area (TPSA) is 290 Å². The number of carbonyl (C=O) groups is 5. The van der Waals surface area contributed by atoms with Crippen molar-refractivity contribution in [2.75, 3.05) is 170 Å². The molecule has 0 atom stereocenters. The Morgan fingerprint density at radius 2 is 1.00 bits per heavy atom. The number of thioether (sulfide) groups is 2. The van der Waals surface area contributed by atoms with E-state index < -0.39 is 36.3 Å². The van der Waals surface area contributed by atoms with Crippen LogP contribution in [0.25, 0.3) is 0 Å². The fourth-order valence-electron chi connectivity index (χ4n) is 5.08. The van der Waals surface area contributed by atoms with E-state index >= 15 is 0 Å². The number of alkyl carbamates (subject to hydrolysis) is 1. The molecule has 27 heteroatoms. The number of nitrogens with zero attached hydrogens (tertiary/aromatic N) is 4. The summed E-state index contributed by atoms with van der Waals surface area (Å²) < 4.78 is 56.4. The third-order valence-corrected chi connectivity index (χ3v) is 11.6. The van der Waals surface area contributed by atoms with Crippen LogP contribution in [0.15, 0.2) is 11.4 Å². The maximum Gasteiger partial charge on any atom is 0.407 e. The van der Waals surface area contributed by atoms with Gasteiger partial charge in [0.15, 0.2) is 6.61 Å². The van der Waals surface area contributed by atoms with E-state index in [1.807, 2.05) is 0 Å². The molecule has 5 amide bonds. The van der Waals surface area contributed by atoms with Crippen LogP contribution < -0.4 is 26.6 Å². The van der Waals surface area contributed by atoms with Crippen LogP contribution in [0.5, 0.6) is 0 Å². The van der Waals surface area contributed by atoms with Gasteiger partial charge in [0.25, 0.3) is 5.91 Å². The SMILES string of the molecule is CC(C)SC/C(CSC(C)(C)C)=N\OCC(=O)NCC(=O)NCC(=O)NCC(=O)NCCNC(=O)OCc1cn(CCOCCOCCOCCOCCOCCOCCOCCOCCOCCC(C)(C)C)nn1. The molecule has 0 radical (unpaired) electrons. The number of rotatable bonds is 48. The van der Waals surface area contributed by atoms with Crippen LogP contribution in [0.1, 0.15) is 67.5 Å². The third kappa shape index (κ3) is 48.2. The van der Waals surface area contributed by atoms with Crippen molar-refractivity contribution in [3.05, 3.63) is 11.9 Å². The molecule has 0 saturated heterocycles. The fraction of sp³-hybridized carbons (Fsp3) is 0.833. The van der Waals surface area contributed by atoms with Gasteiger partial charge in [-0.1, -0.05) is 65.8 Å². The van der Waals surface area contributed by atoms with E-state index in [1.54, 1.807) is 34.4 Å². The Morgan fingerprint density at radius 1 is 0.573 bits per heavy atom. The lowest BCUT2D eigenvalue weighted by Crippen LogP contribution is -2.45. The Hall–Kier alpha value is -3.90. The highest BCUT2D eigenvalue weighted by molar-refractivity contribution is 8.02. The molecule has 75 heavy (non-hydrogen) atoms. The van der Waals surface area contributed by atoms with E-state index in [1.165, 1.54) is 0 Å². The maximum absolute atomic E-state index is 12.1. The number of aromatic nitrogens is 3. The maximum atomic E-state index is 12.1. The zero-order chi connectivity index (χ0) is 55.3. The number of nitrogens with one attached hydrogen (secondary N) is 5. The Labute approximate surface area is 452 Å². The van der Waals surface area contributed by atoms with Gasteiger partial charge < -0.3 is 78.8 Å². The number of amides is 5. The lowest BCUT2D eigenvalue weighted by molar-refractivity contribution is -0.130. The summed E-state index contributed by atoms with van der Waals surface area (Å²) in [5, 5.41) is 24.7. The van der Waals surface area contributed by atoms with Crippen LogP contribution in [0.4, 0.5) is 4.79 Å². The lowest BCUT2D eigenvalue weighted by Gasteiger charge is -2.18. The summed E-state index contributed by atoms with van der Waals surface area (Å²) in [6.07, 6.45) is 1.93. The molecule has 434 valence electrons. The zero-order valence-electron chi connectivity index (χ0n) is 45.8. The second-order valence-electron chi connectivity index (χ2n) is 18.7. The highest BCUT2D eigenvalue weighted by Gasteiger charge is 2.15. The molecule has 1 rings (SSSR count). The van der Waals surface area contributed by atoms with Crippen LogP contribution in [0, 0.1) is 5.41 Å². The molecule has 0 fully saturated rings. The van der Waals surface area contributed by atoms with Crippen LogP contribution in [-0.4, -0.2) is 230 Å². The predicted octanol–water partition coefficient (Wildman–Crippen LogP) is 1.60. The number of carbonyl (C=O) groups excluding carboxylic acids is 5. The van der Waals surface area contributed by atoms with Gasteiger partial charge >= 0.3 is 6.09 Å². The van der Waals surface area contributed by atoms with Crippen LogP contribution in [-0.2, 0) is 84.5 Å². The molecule has 0 aliphatic rings. The van der Waals surface area contributed by atoms with Gasteiger partial charge in [0.2, 0.25) is 17.7 Å². The molecular weight excluding hydrogens is 1020 g/mol. The van der Waals surface area contributed by atoms with E-state index in [4.69, 9.17) is 52.2 Å². The zero-order valence-corrected chi connectivity index (χ0v) is 47.4. The van der Waals surface area contributed by atoms with Crippen molar-refractivity contribution in [3.63, 3.8) is 0 Å². The molecule has 1 aromatic rings. The minimum atomic E-state index is -0.724. The minimum Gasteiger partial charge on any atom is -0.443 e. The van der Waals surface area contributed by atoms with Crippen LogP contribution >= 0.6 is 23.5 Å². The first-order valence-corrected chi connectivity index (χ1v) is 27.4. The van der Waals surface area contributed by atoms with Gasteiger partial charge in [-0.15, -0.1) is 16.9 Å². The molecule has 0 aliphatic carbocycles. The largest absolute Gasteiger partial charge is 0.443 e. The normalized spacial score (nSPS) is 11.9. The summed E-state index contributed by atoms with van der Waals surface area (Å²) in [4.78, 5) is 65.8. The van der Waals surface area contributed by atoms with E-state index in [2.05, 4.69) is 97.4 Å². The molecule has 5 N–H and O–H groups in total. The molecule has 0 aliphatic heterocycles. The van der Waals surface area contributed by atoms with Gasteiger partial charge in [-0.3, -0.25) is 19.2 Å². The first kappa shape index (κ1) is 69.1. The standard InChI is InChI=1S/C48H89N9O16S2/c1-39(2)74-37-41(38-75-48(6,7)8)55-73-36-45(61)53-33-44(60)52-32-43(59)51-31-42(58)49-10-11-50-46(62)72-35-40-34-57(56-54-40)12-14-64-16-18-66-20-22-68-24-26-70-28-30-71-29-27-69-25-23-67-21-19-65-17-15-63-13-9-47(3,4)5/h34,39H,9-33,35-38H2,1-8H3,(H,49,58)(H,50,62)(H,51,59)(H,52,60)(H,53,61)/b55-41+. The number of oxime groups is 1. The predicted molar refractivity (Wildman–Crippen MR) is 285 cm³/mol. The van der Waals surface area contributed by atoms with Gasteiger partial charge in [0, 0.05) is 35.9 Å².